The summed E-state index contributed by atoms with van der Waals surface area (Å²) in [7, 11) is -3.95. The van der Waals surface area contributed by atoms with Crippen molar-refractivity contribution in [1.29, 1.82) is 0 Å². The average Bonchev–Trinajstić information content (AvgIpc) is 3.73. The number of carbonyl (C=O) groups is 1. The number of sulfonamides is 1. The first-order chi connectivity index (χ1) is 20.1. The number of nitrogens with zero attached hydrogens (tertiary/aromatic N) is 3. The summed E-state index contributed by atoms with van der Waals surface area (Å²) >= 11 is 1.42. The molecule has 3 heterocycles. The summed E-state index contributed by atoms with van der Waals surface area (Å²) in [4.78, 5) is 22.3. The van der Waals surface area contributed by atoms with E-state index in [2.05, 4.69) is 16.8 Å². The molecule has 0 radical (unpaired) electrons. The van der Waals surface area contributed by atoms with Crippen LogP contribution in [0.1, 0.15) is 86.1 Å². The second kappa shape index (κ2) is 12.3. The zero-order valence-electron chi connectivity index (χ0n) is 25.1. The van der Waals surface area contributed by atoms with Gasteiger partial charge in [0, 0.05) is 23.5 Å². The zero-order valence-corrected chi connectivity index (χ0v) is 26.7. The first-order valence-electron chi connectivity index (χ1n) is 14.7. The molecule has 0 bridgehead atoms. The van der Waals surface area contributed by atoms with Crippen molar-refractivity contribution < 1.29 is 22.5 Å². The van der Waals surface area contributed by atoms with Gasteiger partial charge >= 0.3 is 0 Å². The van der Waals surface area contributed by atoms with E-state index in [0.29, 0.717) is 36.0 Å². The molecule has 1 aliphatic carbocycles. The van der Waals surface area contributed by atoms with Crippen LogP contribution in [0.15, 0.2) is 38.7 Å². The Morgan fingerprint density at radius 2 is 1.90 bits per heavy atom. The predicted octanol–water partition coefficient (Wildman–Crippen LogP) is 6.91. The lowest BCUT2D eigenvalue weighted by atomic mass is 9.97. The number of aliphatic imine (C=N–C) groups is 1. The molecule has 3 aromatic rings. The number of hydrogen-bond acceptors (Lipinski definition) is 8. The standard InChI is InChI=1S/C31H40N4O5S2/c1-6-8-11-27-32-31(14-9-10-15-31)30(36)35(27)18-23-12-13-25(24(17-23)19-39-7-2)28-26(16-20(3)41-28)42(37,38)34-29-21(4)22(5)40-33-29/h12-13,16-17H,6-11,14-15,18-19H2,1-5H3,(H,33,34). The molecule has 1 saturated carbocycles. The highest BCUT2D eigenvalue weighted by atomic mass is 32.2. The fourth-order valence-electron chi connectivity index (χ4n) is 5.75. The minimum Gasteiger partial charge on any atom is -0.377 e. The molecule has 11 heteroatoms. The van der Waals surface area contributed by atoms with Crippen LogP contribution < -0.4 is 4.72 Å². The van der Waals surface area contributed by atoms with Gasteiger partial charge < -0.3 is 9.26 Å². The van der Waals surface area contributed by atoms with E-state index >= 15 is 0 Å². The fourth-order valence-corrected chi connectivity index (χ4v) is 8.49. The number of aryl methyl sites for hydroxylation is 2. The van der Waals surface area contributed by atoms with Crippen LogP contribution >= 0.6 is 11.3 Å². The Morgan fingerprint density at radius 3 is 2.57 bits per heavy atom. The van der Waals surface area contributed by atoms with Crippen molar-refractivity contribution in [1.82, 2.24) is 10.1 Å². The number of aromatic nitrogens is 1. The summed E-state index contributed by atoms with van der Waals surface area (Å²) in [6.45, 7) is 10.8. The SMILES string of the molecule is CCCCC1=NC2(CCCC2)C(=O)N1Cc1ccc(-c2sc(C)cc2S(=O)(=O)Nc2noc(C)c2C)c(COCC)c1. The molecule has 0 atom stereocenters. The van der Waals surface area contributed by atoms with E-state index < -0.39 is 15.6 Å². The summed E-state index contributed by atoms with van der Waals surface area (Å²) in [5.41, 5.74) is 2.69. The number of unbranched alkanes of at least 4 members (excludes halogenated alkanes) is 1. The topological polar surface area (TPSA) is 114 Å². The molecular weight excluding hydrogens is 572 g/mol. The maximum absolute atomic E-state index is 13.7. The van der Waals surface area contributed by atoms with Crippen molar-refractivity contribution in [2.24, 2.45) is 4.99 Å². The van der Waals surface area contributed by atoms with Crippen LogP contribution in [0.25, 0.3) is 10.4 Å². The first kappa shape index (κ1) is 30.4. The van der Waals surface area contributed by atoms with E-state index in [9.17, 15) is 13.2 Å². The normalized spacial score (nSPS) is 16.5. The van der Waals surface area contributed by atoms with Gasteiger partial charge in [0.1, 0.15) is 22.0 Å². The Hall–Kier alpha value is -3.02. The van der Waals surface area contributed by atoms with Crippen molar-refractivity contribution in [3.63, 3.8) is 0 Å². The first-order valence-corrected chi connectivity index (χ1v) is 17.0. The summed E-state index contributed by atoms with van der Waals surface area (Å²) in [5, 5.41) is 3.89. The Kier molecular flexibility index (Phi) is 8.91. The van der Waals surface area contributed by atoms with Crippen molar-refractivity contribution in [2.45, 2.75) is 103 Å². The van der Waals surface area contributed by atoms with Gasteiger partial charge in [-0.05, 0) is 69.7 Å². The lowest BCUT2D eigenvalue weighted by Crippen LogP contribution is -2.40. The molecule has 0 unspecified atom stereocenters. The Morgan fingerprint density at radius 1 is 1.14 bits per heavy atom. The molecule has 1 spiro atoms. The van der Waals surface area contributed by atoms with Crippen LogP contribution in [0.3, 0.4) is 0 Å². The molecule has 0 saturated heterocycles. The number of ether oxygens (including phenoxy) is 1. The van der Waals surface area contributed by atoms with Gasteiger partial charge in [0.25, 0.3) is 15.9 Å². The van der Waals surface area contributed by atoms with Crippen molar-refractivity contribution in [3.8, 4) is 10.4 Å². The number of rotatable bonds is 12. The third kappa shape index (κ3) is 5.91. The van der Waals surface area contributed by atoms with E-state index in [1.54, 1.807) is 19.9 Å². The van der Waals surface area contributed by atoms with Crippen molar-refractivity contribution >= 4 is 38.9 Å². The number of carbonyl (C=O) groups excluding carboxylic acids is 1. The highest BCUT2D eigenvalue weighted by Crippen LogP contribution is 2.41. The molecule has 2 aliphatic rings. The molecule has 1 aromatic carbocycles. The van der Waals surface area contributed by atoms with Crippen LogP contribution in [0.4, 0.5) is 5.82 Å². The highest BCUT2D eigenvalue weighted by Gasteiger charge is 2.49. The average molecular weight is 613 g/mol. The molecular formula is C31H40N4O5S2. The molecule has 5 rings (SSSR count). The van der Waals surface area contributed by atoms with E-state index in [0.717, 1.165) is 72.3 Å². The second-order valence-electron chi connectivity index (χ2n) is 11.3. The number of amides is 1. The minimum absolute atomic E-state index is 0.119. The number of nitrogens with one attached hydrogen (secondary N) is 1. The second-order valence-corrected chi connectivity index (χ2v) is 14.2. The van der Waals surface area contributed by atoms with Crippen molar-refractivity contribution in [2.75, 3.05) is 11.3 Å². The number of hydrogen-bond donors (Lipinski definition) is 1. The van der Waals surface area contributed by atoms with Gasteiger partial charge in [-0.3, -0.25) is 19.4 Å². The van der Waals surface area contributed by atoms with E-state index in [-0.39, 0.29) is 16.6 Å². The largest absolute Gasteiger partial charge is 0.377 e. The lowest BCUT2D eigenvalue weighted by molar-refractivity contribution is -0.131. The van der Waals surface area contributed by atoms with E-state index in [4.69, 9.17) is 14.3 Å². The zero-order chi connectivity index (χ0) is 30.1. The minimum atomic E-state index is -3.95. The van der Waals surface area contributed by atoms with Crippen LogP contribution in [-0.2, 0) is 32.7 Å². The van der Waals surface area contributed by atoms with Crippen LogP contribution in [0, 0.1) is 20.8 Å². The van der Waals surface area contributed by atoms with E-state index in [1.165, 1.54) is 11.3 Å². The lowest BCUT2D eigenvalue weighted by Gasteiger charge is -2.23. The molecule has 2 aromatic heterocycles. The fraction of sp³-hybridized carbons (Fsp3) is 0.516. The molecule has 1 amide bonds. The molecule has 226 valence electrons. The van der Waals surface area contributed by atoms with Crippen molar-refractivity contribution in [3.05, 3.63) is 51.6 Å². The number of anilines is 1. The highest BCUT2D eigenvalue weighted by molar-refractivity contribution is 7.93. The Bertz CT molecular complexity index is 1600. The van der Waals surface area contributed by atoms with Gasteiger partial charge in [-0.2, -0.15) is 0 Å². The van der Waals surface area contributed by atoms with Crippen LogP contribution in [0.2, 0.25) is 0 Å². The Balaban J connectivity index is 1.48. The summed E-state index contributed by atoms with van der Waals surface area (Å²) in [6.07, 6.45) is 6.54. The number of amidine groups is 1. The van der Waals surface area contributed by atoms with Gasteiger partial charge in [0.05, 0.1) is 18.0 Å². The van der Waals surface area contributed by atoms with Gasteiger partial charge in [-0.1, -0.05) is 49.5 Å². The van der Waals surface area contributed by atoms with E-state index in [1.807, 2.05) is 36.9 Å². The van der Waals surface area contributed by atoms with Gasteiger partial charge in [0.15, 0.2) is 5.82 Å². The third-order valence-electron chi connectivity index (χ3n) is 8.20. The van der Waals surface area contributed by atoms with Gasteiger partial charge in [-0.25, -0.2) is 8.42 Å². The third-order valence-corrected chi connectivity index (χ3v) is 10.8. The molecule has 42 heavy (non-hydrogen) atoms. The molecule has 1 fully saturated rings. The quantitative estimate of drug-likeness (QED) is 0.238. The maximum atomic E-state index is 13.7. The van der Waals surface area contributed by atoms with Crippen LogP contribution in [-0.4, -0.2) is 42.4 Å². The summed E-state index contributed by atoms with van der Waals surface area (Å²) < 4.78 is 40.8. The number of benzene rings is 1. The van der Waals surface area contributed by atoms with Gasteiger partial charge in [-0.15, -0.1) is 11.3 Å². The Labute approximate surface area is 252 Å². The van der Waals surface area contributed by atoms with Crippen LogP contribution in [0.5, 0.6) is 0 Å². The molecule has 1 N–H and O–H groups in total. The monoisotopic (exact) mass is 612 g/mol. The molecule has 1 aliphatic heterocycles. The predicted molar refractivity (Wildman–Crippen MR) is 165 cm³/mol. The maximum Gasteiger partial charge on any atom is 0.264 e. The van der Waals surface area contributed by atoms with Gasteiger partial charge in [0.2, 0.25) is 0 Å². The summed E-state index contributed by atoms with van der Waals surface area (Å²) in [5.74, 6) is 1.75. The molecule has 9 nitrogen and oxygen atoms in total. The summed E-state index contributed by atoms with van der Waals surface area (Å²) in [6, 6.07) is 7.66. The number of thiophene rings is 1. The smallest absolute Gasteiger partial charge is 0.264 e.